The molecule has 2 N–H and O–H groups in total. The molecule has 2 fully saturated rings. The molecular weight excluding hydrogens is 373 g/mol. The van der Waals surface area contributed by atoms with Crippen molar-refractivity contribution < 1.29 is 9.53 Å². The number of nitrogens with zero attached hydrogens (tertiary/aromatic N) is 2. The van der Waals surface area contributed by atoms with Crippen LogP contribution in [-0.4, -0.2) is 61.1 Å². The molecule has 3 rings (SSSR count). The quantitative estimate of drug-likeness (QED) is 0.819. The molecular formula is C19H31Cl2N3O2. The average molecular weight is 404 g/mol. The van der Waals surface area contributed by atoms with E-state index in [0.717, 1.165) is 32.6 Å². The van der Waals surface area contributed by atoms with Crippen molar-refractivity contribution in [1.82, 2.24) is 9.80 Å². The lowest BCUT2D eigenvalue weighted by atomic mass is 9.89. The Morgan fingerprint density at radius 3 is 2.58 bits per heavy atom. The monoisotopic (exact) mass is 403 g/mol. The molecule has 1 atom stereocenters. The smallest absolute Gasteiger partial charge is 0.242 e. The lowest BCUT2D eigenvalue weighted by Crippen LogP contribution is -2.57. The molecule has 0 spiro atoms. The van der Waals surface area contributed by atoms with Crippen LogP contribution in [0.25, 0.3) is 0 Å². The molecule has 2 saturated heterocycles. The number of amides is 1. The van der Waals surface area contributed by atoms with E-state index < -0.39 is 5.54 Å². The number of ether oxygens (including phenoxy) is 1. The van der Waals surface area contributed by atoms with E-state index >= 15 is 0 Å². The maximum absolute atomic E-state index is 12.7. The van der Waals surface area contributed by atoms with E-state index in [-0.39, 0.29) is 30.7 Å². The number of nitrogens with two attached hydrogens (primary N) is 1. The standard InChI is InChI=1S/C19H29N3O2.2ClH/c1-21(18(23)19(20)8-11-24-12-9-19)13-17-7-10-22(15-17)14-16-5-3-2-4-6-16;;/h2-6,17H,7-15,20H2,1H3;2*1H. The maximum atomic E-state index is 12.7. The van der Waals surface area contributed by atoms with Crippen LogP contribution in [-0.2, 0) is 16.1 Å². The van der Waals surface area contributed by atoms with E-state index in [2.05, 4.69) is 35.2 Å². The second-order valence-electron chi connectivity index (χ2n) is 7.33. The highest BCUT2D eigenvalue weighted by molar-refractivity contribution is 5.86. The van der Waals surface area contributed by atoms with Gasteiger partial charge in [0.25, 0.3) is 0 Å². The first-order chi connectivity index (χ1) is 11.6. The number of carbonyl (C=O) groups excluding carboxylic acids is 1. The van der Waals surface area contributed by atoms with E-state index in [4.69, 9.17) is 10.5 Å². The minimum Gasteiger partial charge on any atom is -0.381 e. The number of hydrogen-bond acceptors (Lipinski definition) is 4. The van der Waals surface area contributed by atoms with Gasteiger partial charge in [-0.3, -0.25) is 9.69 Å². The summed E-state index contributed by atoms with van der Waals surface area (Å²) in [5, 5.41) is 0. The molecule has 0 saturated carbocycles. The zero-order chi connectivity index (χ0) is 17.0. The average Bonchev–Trinajstić information content (AvgIpc) is 3.02. The minimum atomic E-state index is -0.727. The Morgan fingerprint density at radius 1 is 1.27 bits per heavy atom. The molecule has 0 radical (unpaired) electrons. The second-order valence-corrected chi connectivity index (χ2v) is 7.33. The van der Waals surface area contributed by atoms with Gasteiger partial charge in [-0.1, -0.05) is 30.3 Å². The fraction of sp³-hybridized carbons (Fsp3) is 0.632. The van der Waals surface area contributed by atoms with E-state index in [1.165, 1.54) is 5.56 Å². The number of hydrogen-bond donors (Lipinski definition) is 1. The van der Waals surface area contributed by atoms with Crippen molar-refractivity contribution >= 4 is 30.7 Å². The molecule has 5 nitrogen and oxygen atoms in total. The van der Waals surface area contributed by atoms with Crippen molar-refractivity contribution in [2.75, 3.05) is 39.9 Å². The summed E-state index contributed by atoms with van der Waals surface area (Å²) in [6.07, 6.45) is 2.40. The molecule has 26 heavy (non-hydrogen) atoms. The molecule has 2 heterocycles. The molecule has 1 amide bonds. The topological polar surface area (TPSA) is 58.8 Å². The number of rotatable bonds is 5. The van der Waals surface area contributed by atoms with E-state index in [0.29, 0.717) is 32.0 Å². The first-order valence-electron chi connectivity index (χ1n) is 8.95. The van der Waals surface area contributed by atoms with Gasteiger partial charge in [0.1, 0.15) is 0 Å². The Hall–Kier alpha value is -0.850. The molecule has 1 aromatic carbocycles. The highest BCUT2D eigenvalue weighted by atomic mass is 35.5. The van der Waals surface area contributed by atoms with Crippen molar-refractivity contribution in [3.8, 4) is 0 Å². The lowest BCUT2D eigenvalue weighted by Gasteiger charge is -2.36. The maximum Gasteiger partial charge on any atom is 0.242 e. The predicted octanol–water partition coefficient (Wildman–Crippen LogP) is 2.32. The van der Waals surface area contributed by atoms with Gasteiger partial charge in [0.15, 0.2) is 0 Å². The molecule has 2 aliphatic heterocycles. The summed E-state index contributed by atoms with van der Waals surface area (Å²) in [4.78, 5) is 17.0. The van der Waals surface area contributed by atoms with Gasteiger partial charge in [0, 0.05) is 39.9 Å². The van der Waals surface area contributed by atoms with Crippen LogP contribution in [0.2, 0.25) is 0 Å². The summed E-state index contributed by atoms with van der Waals surface area (Å²) in [6.45, 7) is 5.11. The molecule has 1 aromatic rings. The number of benzene rings is 1. The molecule has 2 aliphatic rings. The van der Waals surface area contributed by atoms with Gasteiger partial charge in [-0.2, -0.15) is 0 Å². The van der Waals surface area contributed by atoms with Crippen LogP contribution in [0.5, 0.6) is 0 Å². The molecule has 7 heteroatoms. The fourth-order valence-corrected chi connectivity index (χ4v) is 3.85. The van der Waals surface area contributed by atoms with E-state index in [9.17, 15) is 4.79 Å². The van der Waals surface area contributed by atoms with Crippen LogP contribution in [0.15, 0.2) is 30.3 Å². The van der Waals surface area contributed by atoms with E-state index in [1.807, 2.05) is 11.9 Å². The van der Waals surface area contributed by atoms with Crippen molar-refractivity contribution in [3.05, 3.63) is 35.9 Å². The molecule has 0 aromatic heterocycles. The lowest BCUT2D eigenvalue weighted by molar-refractivity contribution is -0.139. The van der Waals surface area contributed by atoms with Gasteiger partial charge in [-0.05, 0) is 37.3 Å². The zero-order valence-corrected chi connectivity index (χ0v) is 17.1. The summed E-state index contributed by atoms with van der Waals surface area (Å²) >= 11 is 0. The Bertz CT molecular complexity index is 553. The first kappa shape index (κ1) is 23.2. The molecule has 0 bridgehead atoms. The molecule has 0 aliphatic carbocycles. The number of carbonyl (C=O) groups is 1. The van der Waals surface area contributed by atoms with Gasteiger partial charge < -0.3 is 15.4 Å². The third-order valence-electron chi connectivity index (χ3n) is 5.31. The van der Waals surface area contributed by atoms with Crippen molar-refractivity contribution in [3.63, 3.8) is 0 Å². The Balaban J connectivity index is 0.00000169. The summed E-state index contributed by atoms with van der Waals surface area (Å²) in [6, 6.07) is 10.6. The van der Waals surface area contributed by atoms with Crippen LogP contribution in [0.1, 0.15) is 24.8 Å². The summed E-state index contributed by atoms with van der Waals surface area (Å²) in [5.74, 6) is 0.610. The van der Waals surface area contributed by atoms with E-state index in [1.54, 1.807) is 0 Å². The highest BCUT2D eigenvalue weighted by Gasteiger charge is 2.38. The largest absolute Gasteiger partial charge is 0.381 e. The van der Waals surface area contributed by atoms with Gasteiger partial charge in [0.05, 0.1) is 5.54 Å². The minimum absolute atomic E-state index is 0. The van der Waals surface area contributed by atoms with Gasteiger partial charge >= 0.3 is 0 Å². The van der Waals surface area contributed by atoms with Gasteiger partial charge in [-0.25, -0.2) is 0 Å². The number of likely N-dealkylation sites (N-methyl/N-ethyl adjacent to an activating group) is 1. The van der Waals surface area contributed by atoms with Crippen molar-refractivity contribution in [2.24, 2.45) is 11.7 Å². The molecule has 1 unspecified atom stereocenters. The number of halogens is 2. The summed E-state index contributed by atoms with van der Waals surface area (Å²) < 4.78 is 5.34. The highest BCUT2D eigenvalue weighted by Crippen LogP contribution is 2.23. The summed E-state index contributed by atoms with van der Waals surface area (Å²) in [7, 11) is 1.90. The number of likely N-dealkylation sites (tertiary alicyclic amines) is 1. The van der Waals surface area contributed by atoms with Crippen molar-refractivity contribution in [2.45, 2.75) is 31.3 Å². The fourth-order valence-electron chi connectivity index (χ4n) is 3.85. The normalized spacial score (nSPS) is 22.2. The van der Waals surface area contributed by atoms with Gasteiger partial charge in [0.2, 0.25) is 5.91 Å². The van der Waals surface area contributed by atoms with Crippen LogP contribution in [0, 0.1) is 5.92 Å². The van der Waals surface area contributed by atoms with Crippen LogP contribution < -0.4 is 5.73 Å². The SMILES string of the molecule is CN(CC1CCN(Cc2ccccc2)C1)C(=O)C1(N)CCOCC1.Cl.Cl. The predicted molar refractivity (Wildman–Crippen MR) is 109 cm³/mol. The Kier molecular flexibility index (Phi) is 9.34. The van der Waals surface area contributed by atoms with Gasteiger partial charge in [-0.15, -0.1) is 24.8 Å². The molecule has 148 valence electrons. The van der Waals surface area contributed by atoms with Crippen LogP contribution in [0.3, 0.4) is 0 Å². The van der Waals surface area contributed by atoms with Crippen LogP contribution >= 0.6 is 24.8 Å². The Morgan fingerprint density at radius 2 is 1.92 bits per heavy atom. The zero-order valence-electron chi connectivity index (χ0n) is 15.4. The Labute approximate surface area is 169 Å². The third kappa shape index (κ3) is 5.83. The van der Waals surface area contributed by atoms with Crippen molar-refractivity contribution in [1.29, 1.82) is 0 Å². The summed E-state index contributed by atoms with van der Waals surface area (Å²) in [5.41, 5.74) is 6.95. The third-order valence-corrected chi connectivity index (χ3v) is 5.31. The second kappa shape index (κ2) is 10.5. The first-order valence-corrected chi connectivity index (χ1v) is 8.95. The van der Waals surface area contributed by atoms with Crippen LogP contribution in [0.4, 0.5) is 0 Å².